The van der Waals surface area contributed by atoms with Crippen LogP contribution in [0.3, 0.4) is 0 Å². The van der Waals surface area contributed by atoms with Crippen LogP contribution in [0.2, 0.25) is 5.02 Å². The maximum absolute atomic E-state index is 14.3. The minimum absolute atomic E-state index is 0.113. The largest absolute Gasteiger partial charge is 0.370 e. The van der Waals surface area contributed by atoms with Crippen LogP contribution in [-0.2, 0) is 4.79 Å². The number of hydrogen-bond donors (Lipinski definition) is 3. The van der Waals surface area contributed by atoms with Crippen LogP contribution in [0, 0.1) is 12.7 Å². The highest BCUT2D eigenvalue weighted by Crippen LogP contribution is 2.27. The lowest BCUT2D eigenvalue weighted by atomic mass is 10.0. The topological polar surface area (TPSA) is 101 Å². The number of amides is 2. The predicted molar refractivity (Wildman–Crippen MR) is 104 cm³/mol. The first kappa shape index (κ1) is 19.6. The summed E-state index contributed by atoms with van der Waals surface area (Å²) in [6.07, 6.45) is 1.20. The number of aromatic amines is 1. The van der Waals surface area contributed by atoms with Gasteiger partial charge in [0.25, 0.3) is 5.91 Å². The molecule has 0 spiro atoms. The molecule has 2 amide bonds. The Morgan fingerprint density at radius 1 is 1.29 bits per heavy atom. The normalized spacial score (nSPS) is 11.8. The Morgan fingerprint density at radius 3 is 2.79 bits per heavy atom. The highest BCUT2D eigenvalue weighted by molar-refractivity contribution is 6.30. The summed E-state index contributed by atoms with van der Waals surface area (Å²) in [5.41, 5.74) is 7.44. The van der Waals surface area contributed by atoms with E-state index in [0.29, 0.717) is 10.6 Å². The van der Waals surface area contributed by atoms with Crippen molar-refractivity contribution in [2.45, 2.75) is 19.4 Å². The highest BCUT2D eigenvalue weighted by Gasteiger charge is 2.23. The van der Waals surface area contributed by atoms with E-state index in [2.05, 4.69) is 15.5 Å². The van der Waals surface area contributed by atoms with Crippen LogP contribution in [0.1, 0.15) is 33.9 Å². The first-order valence-electron chi connectivity index (χ1n) is 8.49. The van der Waals surface area contributed by atoms with Crippen LogP contribution >= 0.6 is 11.6 Å². The quantitative estimate of drug-likeness (QED) is 0.590. The van der Waals surface area contributed by atoms with E-state index in [1.54, 1.807) is 36.4 Å². The lowest BCUT2D eigenvalue weighted by molar-refractivity contribution is -0.118. The summed E-state index contributed by atoms with van der Waals surface area (Å²) in [7, 11) is 0. The molecule has 1 aromatic heterocycles. The second-order valence-electron chi connectivity index (χ2n) is 6.39. The number of benzene rings is 2. The zero-order valence-corrected chi connectivity index (χ0v) is 15.8. The van der Waals surface area contributed by atoms with Crippen molar-refractivity contribution in [1.82, 2.24) is 15.5 Å². The summed E-state index contributed by atoms with van der Waals surface area (Å²) in [4.78, 5) is 24.3. The minimum atomic E-state index is -0.686. The molecule has 0 fully saturated rings. The van der Waals surface area contributed by atoms with E-state index in [-0.39, 0.29) is 23.2 Å². The van der Waals surface area contributed by atoms with Gasteiger partial charge in [0, 0.05) is 10.6 Å². The number of nitrogens with one attached hydrogen (secondary N) is 2. The number of nitrogens with two attached hydrogens (primary N) is 1. The van der Waals surface area contributed by atoms with Gasteiger partial charge in [0.1, 0.15) is 5.82 Å². The summed E-state index contributed by atoms with van der Waals surface area (Å²) in [5, 5.41) is 9.77. The molecule has 0 saturated carbocycles. The Balaban J connectivity index is 1.92. The Hall–Kier alpha value is -3.19. The smallest absolute Gasteiger partial charge is 0.255 e. The maximum atomic E-state index is 14.3. The lowest BCUT2D eigenvalue weighted by Crippen LogP contribution is -2.32. The molecule has 3 aromatic rings. The second-order valence-corrected chi connectivity index (χ2v) is 6.83. The third-order valence-electron chi connectivity index (χ3n) is 4.24. The van der Waals surface area contributed by atoms with Crippen molar-refractivity contribution in [3.05, 3.63) is 76.2 Å². The van der Waals surface area contributed by atoms with Gasteiger partial charge in [-0.2, -0.15) is 5.10 Å². The van der Waals surface area contributed by atoms with Gasteiger partial charge in [-0.3, -0.25) is 14.7 Å². The van der Waals surface area contributed by atoms with E-state index in [4.69, 9.17) is 17.3 Å². The molecule has 8 heteroatoms. The first-order chi connectivity index (χ1) is 13.3. The van der Waals surface area contributed by atoms with Crippen molar-refractivity contribution in [3.8, 4) is 11.3 Å². The van der Waals surface area contributed by atoms with Crippen molar-refractivity contribution in [2.24, 2.45) is 5.73 Å². The Kier molecular flexibility index (Phi) is 5.75. The van der Waals surface area contributed by atoms with Crippen molar-refractivity contribution >= 4 is 23.4 Å². The van der Waals surface area contributed by atoms with Crippen LogP contribution in [0.5, 0.6) is 0 Å². The van der Waals surface area contributed by atoms with Gasteiger partial charge >= 0.3 is 0 Å². The Labute approximate surface area is 165 Å². The Morgan fingerprint density at radius 2 is 2.07 bits per heavy atom. The Bertz CT molecular complexity index is 1030. The van der Waals surface area contributed by atoms with Gasteiger partial charge in [0.2, 0.25) is 5.91 Å². The lowest BCUT2D eigenvalue weighted by Gasteiger charge is -2.18. The number of halogens is 2. The summed E-state index contributed by atoms with van der Waals surface area (Å²) in [5.74, 6) is -1.58. The molecule has 3 rings (SSSR count). The third kappa shape index (κ3) is 4.37. The number of H-pyrrole nitrogens is 1. The number of carbonyl (C=O) groups is 2. The fraction of sp³-hybridized carbons (Fsp3) is 0.150. The number of nitrogens with zero attached hydrogens (tertiary/aromatic N) is 1. The molecule has 0 aliphatic heterocycles. The van der Waals surface area contributed by atoms with E-state index in [9.17, 15) is 14.0 Å². The standard InChI is InChI=1S/C20H18ClFN4O2/c1-11-5-6-16(22)14(7-11)19-15(10-24-26-19)20(28)25-17(9-18(23)27)12-3-2-4-13(21)8-12/h2-8,10,17H,9H2,1H3,(H2,23,27)(H,24,26)(H,25,28)/t17-/m0/s1. The van der Waals surface area contributed by atoms with Crippen LogP contribution in [0.25, 0.3) is 11.3 Å². The number of primary amides is 1. The van der Waals surface area contributed by atoms with Crippen LogP contribution in [-0.4, -0.2) is 22.0 Å². The van der Waals surface area contributed by atoms with Gasteiger partial charge in [-0.1, -0.05) is 35.4 Å². The van der Waals surface area contributed by atoms with E-state index in [1.165, 1.54) is 12.3 Å². The average Bonchev–Trinajstić information content (AvgIpc) is 3.12. The maximum Gasteiger partial charge on any atom is 0.255 e. The molecule has 2 aromatic carbocycles. The second kappa shape index (κ2) is 8.22. The van der Waals surface area contributed by atoms with Crippen molar-refractivity contribution in [1.29, 1.82) is 0 Å². The van der Waals surface area contributed by atoms with Crippen LogP contribution in [0.15, 0.2) is 48.7 Å². The zero-order chi connectivity index (χ0) is 20.3. The summed E-state index contributed by atoms with van der Waals surface area (Å²) >= 11 is 6.01. The molecule has 0 unspecified atom stereocenters. The van der Waals surface area contributed by atoms with E-state index < -0.39 is 23.7 Å². The molecular weight excluding hydrogens is 383 g/mol. The SMILES string of the molecule is Cc1ccc(F)c(-c2[nH]ncc2C(=O)N[C@@H](CC(N)=O)c2cccc(Cl)c2)c1. The van der Waals surface area contributed by atoms with Crippen molar-refractivity contribution in [3.63, 3.8) is 0 Å². The van der Waals surface area contributed by atoms with Crippen LogP contribution < -0.4 is 11.1 Å². The van der Waals surface area contributed by atoms with Gasteiger partial charge in [-0.15, -0.1) is 0 Å². The molecule has 28 heavy (non-hydrogen) atoms. The highest BCUT2D eigenvalue weighted by atomic mass is 35.5. The molecule has 0 aliphatic rings. The predicted octanol–water partition coefficient (Wildman–Crippen LogP) is 3.52. The van der Waals surface area contributed by atoms with Gasteiger partial charge in [-0.25, -0.2) is 4.39 Å². The van der Waals surface area contributed by atoms with E-state index >= 15 is 0 Å². The first-order valence-corrected chi connectivity index (χ1v) is 8.87. The van der Waals surface area contributed by atoms with Gasteiger partial charge in [0.05, 0.1) is 29.9 Å². The number of aryl methyl sites for hydroxylation is 1. The molecule has 0 bridgehead atoms. The third-order valence-corrected chi connectivity index (χ3v) is 4.47. The fourth-order valence-corrected chi connectivity index (χ4v) is 3.11. The van der Waals surface area contributed by atoms with Gasteiger partial charge in [0.15, 0.2) is 0 Å². The summed E-state index contributed by atoms with van der Waals surface area (Å²) < 4.78 is 14.3. The fourth-order valence-electron chi connectivity index (χ4n) is 2.91. The molecule has 0 aliphatic carbocycles. The van der Waals surface area contributed by atoms with Gasteiger partial charge in [-0.05, 0) is 36.8 Å². The number of hydrogen-bond acceptors (Lipinski definition) is 3. The van der Waals surface area contributed by atoms with Crippen molar-refractivity contribution < 1.29 is 14.0 Å². The molecule has 1 heterocycles. The molecule has 4 N–H and O–H groups in total. The summed E-state index contributed by atoms with van der Waals surface area (Å²) in [6.45, 7) is 1.82. The van der Waals surface area contributed by atoms with Crippen molar-refractivity contribution in [2.75, 3.05) is 0 Å². The van der Waals surface area contributed by atoms with Crippen LogP contribution in [0.4, 0.5) is 4.39 Å². The van der Waals surface area contributed by atoms with E-state index in [0.717, 1.165) is 5.56 Å². The van der Waals surface area contributed by atoms with E-state index in [1.807, 2.05) is 6.92 Å². The molecule has 0 saturated heterocycles. The molecule has 6 nitrogen and oxygen atoms in total. The number of rotatable bonds is 6. The van der Waals surface area contributed by atoms with Gasteiger partial charge < -0.3 is 11.1 Å². The summed E-state index contributed by atoms with van der Waals surface area (Å²) in [6, 6.07) is 10.7. The average molecular weight is 401 g/mol. The monoisotopic (exact) mass is 400 g/mol. The molecule has 0 radical (unpaired) electrons. The zero-order valence-electron chi connectivity index (χ0n) is 15.0. The molecule has 1 atom stereocenters. The minimum Gasteiger partial charge on any atom is -0.370 e. The number of aromatic nitrogens is 2. The number of carbonyl (C=O) groups excluding carboxylic acids is 2. The molecular formula is C20H18ClFN4O2. The molecule has 144 valence electrons.